The summed E-state index contributed by atoms with van der Waals surface area (Å²) < 4.78 is 2.19. The molecule has 1 aromatic heterocycles. The lowest BCUT2D eigenvalue weighted by Gasteiger charge is -2.41. The molecule has 2 saturated carbocycles. The third-order valence-electron chi connectivity index (χ3n) is 6.95. The normalized spacial score (nSPS) is 25.3. The van der Waals surface area contributed by atoms with Gasteiger partial charge < -0.3 is 0 Å². The fourth-order valence-corrected chi connectivity index (χ4v) is 5.38. The Bertz CT molecular complexity index is 538. The Hall–Kier alpha value is -1.01. The molecule has 6 heteroatoms. The summed E-state index contributed by atoms with van der Waals surface area (Å²) in [6, 6.07) is 1.79. The van der Waals surface area contributed by atoms with Gasteiger partial charge in [-0.2, -0.15) is 0 Å². The average molecular weight is 361 g/mol. The number of rotatable bonds is 7. The second-order valence-corrected chi connectivity index (χ2v) is 8.59. The van der Waals surface area contributed by atoms with Crippen LogP contribution in [0.2, 0.25) is 0 Å². The van der Waals surface area contributed by atoms with E-state index in [1.165, 1.54) is 96.8 Å². The highest BCUT2D eigenvalue weighted by Crippen LogP contribution is 2.34. The minimum atomic E-state index is 0.399. The number of unbranched alkanes of at least 4 members (excludes halogenated alkanes) is 1. The zero-order valence-corrected chi connectivity index (χ0v) is 16.5. The first kappa shape index (κ1) is 18.4. The molecule has 0 radical (unpaired) electrons. The zero-order chi connectivity index (χ0) is 17.8. The largest absolute Gasteiger partial charge is 0.298 e. The Balaban J connectivity index is 1.44. The molecule has 26 heavy (non-hydrogen) atoms. The van der Waals surface area contributed by atoms with Gasteiger partial charge in [0.05, 0.1) is 12.1 Å². The summed E-state index contributed by atoms with van der Waals surface area (Å²) in [6.07, 6.45) is 14.5. The van der Waals surface area contributed by atoms with E-state index in [2.05, 4.69) is 36.9 Å². The fraction of sp³-hybridized carbons (Fsp3) is 0.950. The summed E-state index contributed by atoms with van der Waals surface area (Å²) in [5.41, 5.74) is 0. The van der Waals surface area contributed by atoms with Crippen molar-refractivity contribution in [2.45, 2.75) is 95.7 Å². The van der Waals surface area contributed by atoms with E-state index >= 15 is 0 Å². The molecule has 2 heterocycles. The van der Waals surface area contributed by atoms with Crippen LogP contribution in [-0.4, -0.2) is 62.2 Å². The van der Waals surface area contributed by atoms with Crippen LogP contribution < -0.4 is 0 Å². The predicted octanol–water partition coefficient (Wildman–Crippen LogP) is 3.58. The van der Waals surface area contributed by atoms with E-state index in [1.54, 1.807) is 0 Å². The van der Waals surface area contributed by atoms with Crippen LogP contribution in [0.25, 0.3) is 0 Å². The van der Waals surface area contributed by atoms with Crippen LogP contribution in [0.15, 0.2) is 0 Å². The number of nitrogens with zero attached hydrogens (tertiary/aromatic N) is 6. The zero-order valence-electron chi connectivity index (χ0n) is 16.5. The van der Waals surface area contributed by atoms with Crippen LogP contribution in [0.4, 0.5) is 0 Å². The molecule has 0 aromatic carbocycles. The monoisotopic (exact) mass is 360 g/mol. The maximum absolute atomic E-state index is 4.53. The van der Waals surface area contributed by atoms with Crippen molar-refractivity contribution in [1.82, 2.24) is 30.0 Å². The van der Waals surface area contributed by atoms with E-state index in [-0.39, 0.29) is 0 Å². The van der Waals surface area contributed by atoms with Crippen LogP contribution in [-0.2, 0) is 0 Å². The fourth-order valence-electron chi connectivity index (χ4n) is 5.38. The Morgan fingerprint density at radius 2 is 1.58 bits per heavy atom. The summed E-state index contributed by atoms with van der Waals surface area (Å²) in [5, 5.41) is 13.0. The van der Waals surface area contributed by atoms with E-state index in [4.69, 9.17) is 0 Å². The standard InChI is InChI=1S/C20H36N6/c1-2-3-12-19(20-21-22-23-26(20)18-10-6-7-11-18)25-15-13-24(14-16-25)17-8-4-5-9-17/h17-19H,2-16H2,1H3/t19-/m1/s1. The quantitative estimate of drug-likeness (QED) is 0.744. The van der Waals surface area contributed by atoms with Gasteiger partial charge in [0.25, 0.3) is 0 Å². The Morgan fingerprint density at radius 1 is 0.923 bits per heavy atom. The predicted molar refractivity (Wildman–Crippen MR) is 103 cm³/mol. The Labute approximate surface area is 158 Å². The maximum Gasteiger partial charge on any atom is 0.168 e. The highest BCUT2D eigenvalue weighted by atomic mass is 15.6. The van der Waals surface area contributed by atoms with Crippen LogP contribution in [0.1, 0.15) is 95.5 Å². The van der Waals surface area contributed by atoms with Gasteiger partial charge in [-0.05, 0) is 42.5 Å². The third-order valence-corrected chi connectivity index (χ3v) is 6.95. The van der Waals surface area contributed by atoms with Gasteiger partial charge in [-0.25, -0.2) is 4.68 Å². The minimum Gasteiger partial charge on any atom is -0.298 e. The first-order valence-electron chi connectivity index (χ1n) is 11.1. The molecule has 2 aliphatic carbocycles. The lowest BCUT2D eigenvalue weighted by atomic mass is 10.0. The van der Waals surface area contributed by atoms with Crippen molar-refractivity contribution in [2.24, 2.45) is 0 Å². The topological polar surface area (TPSA) is 50.1 Å². The lowest BCUT2D eigenvalue weighted by molar-refractivity contribution is 0.0615. The van der Waals surface area contributed by atoms with Crippen molar-refractivity contribution in [1.29, 1.82) is 0 Å². The van der Waals surface area contributed by atoms with Crippen molar-refractivity contribution < 1.29 is 0 Å². The molecular weight excluding hydrogens is 324 g/mol. The van der Waals surface area contributed by atoms with Gasteiger partial charge in [0, 0.05) is 32.2 Å². The van der Waals surface area contributed by atoms with Crippen LogP contribution >= 0.6 is 0 Å². The van der Waals surface area contributed by atoms with Gasteiger partial charge in [-0.15, -0.1) is 5.10 Å². The van der Waals surface area contributed by atoms with Crippen LogP contribution in [0.5, 0.6) is 0 Å². The highest BCUT2D eigenvalue weighted by molar-refractivity contribution is 4.98. The van der Waals surface area contributed by atoms with Gasteiger partial charge in [0.1, 0.15) is 0 Å². The summed E-state index contributed by atoms with van der Waals surface area (Å²) in [4.78, 5) is 5.43. The maximum atomic E-state index is 4.53. The number of piperazine rings is 1. The van der Waals surface area contributed by atoms with E-state index in [0.717, 1.165) is 11.9 Å². The molecule has 1 saturated heterocycles. The first-order valence-corrected chi connectivity index (χ1v) is 11.1. The third kappa shape index (κ3) is 3.96. The van der Waals surface area contributed by atoms with Gasteiger partial charge in [0.2, 0.25) is 0 Å². The molecule has 6 nitrogen and oxygen atoms in total. The highest BCUT2D eigenvalue weighted by Gasteiger charge is 2.33. The molecule has 0 bridgehead atoms. The molecular formula is C20H36N6. The number of hydrogen-bond acceptors (Lipinski definition) is 5. The van der Waals surface area contributed by atoms with Crippen molar-refractivity contribution in [3.8, 4) is 0 Å². The number of aromatic nitrogens is 4. The SMILES string of the molecule is CCCC[C@H](c1nnnn1C1CCCC1)N1CCN(C2CCCC2)CC1. The van der Waals surface area contributed by atoms with Gasteiger partial charge in [-0.3, -0.25) is 9.80 Å². The molecule has 0 unspecified atom stereocenters. The molecule has 3 aliphatic rings. The Kier molecular flexibility index (Phi) is 6.20. The van der Waals surface area contributed by atoms with E-state index in [1.807, 2.05) is 0 Å². The summed E-state index contributed by atoms with van der Waals surface area (Å²) in [6.45, 7) is 7.07. The van der Waals surface area contributed by atoms with Crippen molar-refractivity contribution in [3.05, 3.63) is 5.82 Å². The van der Waals surface area contributed by atoms with Crippen molar-refractivity contribution in [2.75, 3.05) is 26.2 Å². The number of hydrogen-bond donors (Lipinski definition) is 0. The smallest absolute Gasteiger partial charge is 0.168 e. The van der Waals surface area contributed by atoms with Gasteiger partial charge >= 0.3 is 0 Å². The van der Waals surface area contributed by atoms with Crippen LogP contribution in [0.3, 0.4) is 0 Å². The van der Waals surface area contributed by atoms with E-state index in [0.29, 0.717) is 12.1 Å². The molecule has 1 aromatic rings. The molecule has 1 atom stereocenters. The second-order valence-electron chi connectivity index (χ2n) is 8.59. The first-order chi connectivity index (χ1) is 12.9. The van der Waals surface area contributed by atoms with Crippen molar-refractivity contribution >= 4 is 0 Å². The average Bonchev–Trinajstić information content (AvgIpc) is 3.43. The van der Waals surface area contributed by atoms with E-state index in [9.17, 15) is 0 Å². The molecule has 1 aliphatic heterocycles. The van der Waals surface area contributed by atoms with Crippen LogP contribution in [0, 0.1) is 0 Å². The lowest BCUT2D eigenvalue weighted by Crippen LogP contribution is -2.50. The summed E-state index contributed by atoms with van der Waals surface area (Å²) in [5.74, 6) is 1.14. The van der Waals surface area contributed by atoms with Crippen molar-refractivity contribution in [3.63, 3.8) is 0 Å². The van der Waals surface area contributed by atoms with E-state index < -0.39 is 0 Å². The molecule has 0 spiro atoms. The summed E-state index contributed by atoms with van der Waals surface area (Å²) in [7, 11) is 0. The van der Waals surface area contributed by atoms with Gasteiger partial charge in [0.15, 0.2) is 5.82 Å². The Morgan fingerprint density at radius 3 is 2.23 bits per heavy atom. The molecule has 4 rings (SSSR count). The molecule has 0 N–H and O–H groups in total. The number of tetrazole rings is 1. The second kappa shape index (κ2) is 8.79. The molecule has 3 fully saturated rings. The summed E-state index contributed by atoms with van der Waals surface area (Å²) >= 11 is 0. The van der Waals surface area contributed by atoms with Gasteiger partial charge in [-0.1, -0.05) is 45.4 Å². The molecule has 0 amide bonds. The minimum absolute atomic E-state index is 0.399. The molecule has 146 valence electrons.